The predicted octanol–water partition coefficient (Wildman–Crippen LogP) is 12.0. The molecule has 1 heterocycles. The highest BCUT2D eigenvalue weighted by Crippen LogP contribution is 2.50. The van der Waals surface area contributed by atoms with E-state index in [0.29, 0.717) is 0 Å². The van der Waals surface area contributed by atoms with E-state index in [1.165, 1.54) is 82.4 Å². The second-order valence-electron chi connectivity index (χ2n) is 13.0. The van der Waals surface area contributed by atoms with Crippen LogP contribution in [0.1, 0.15) is 28.3 Å². The summed E-state index contributed by atoms with van der Waals surface area (Å²) in [7, 11) is 0. The summed E-state index contributed by atoms with van der Waals surface area (Å²) >= 11 is 0. The van der Waals surface area contributed by atoms with Crippen LogP contribution >= 0.6 is 0 Å². The molecule has 0 spiro atoms. The van der Waals surface area contributed by atoms with E-state index in [2.05, 4.69) is 164 Å². The van der Waals surface area contributed by atoms with E-state index in [0.717, 1.165) is 5.69 Å². The van der Waals surface area contributed by atoms with Gasteiger partial charge in [0.05, 0.1) is 5.69 Å². The van der Waals surface area contributed by atoms with Gasteiger partial charge in [-0.3, -0.25) is 4.98 Å². The van der Waals surface area contributed by atoms with Gasteiger partial charge in [0.2, 0.25) is 0 Å². The molecule has 224 valence electrons. The van der Waals surface area contributed by atoms with Crippen molar-refractivity contribution in [1.82, 2.24) is 4.98 Å². The van der Waals surface area contributed by atoms with E-state index in [1.54, 1.807) is 0 Å². The van der Waals surface area contributed by atoms with Gasteiger partial charge in [0.1, 0.15) is 0 Å². The molecule has 2 aliphatic carbocycles. The van der Waals surface area contributed by atoms with Crippen LogP contribution in [0.15, 0.2) is 182 Å². The van der Waals surface area contributed by atoms with Crippen molar-refractivity contribution in [2.24, 2.45) is 5.92 Å². The van der Waals surface area contributed by atoms with Crippen molar-refractivity contribution in [2.75, 3.05) is 0 Å². The Labute approximate surface area is 280 Å². The third-order valence-electron chi connectivity index (χ3n) is 10.5. The molecule has 0 fully saturated rings. The van der Waals surface area contributed by atoms with Crippen LogP contribution in [-0.2, 0) is 0 Å². The average Bonchev–Trinajstić information content (AvgIpc) is 3.16. The Morgan fingerprint density at radius 2 is 1.17 bits per heavy atom. The van der Waals surface area contributed by atoms with Gasteiger partial charge in [-0.2, -0.15) is 0 Å². The van der Waals surface area contributed by atoms with Gasteiger partial charge in [-0.15, -0.1) is 0 Å². The minimum atomic E-state index is 0.232. The summed E-state index contributed by atoms with van der Waals surface area (Å²) in [6, 6.07) is 53.7. The molecule has 0 radical (unpaired) electrons. The quantitative estimate of drug-likeness (QED) is 0.181. The first-order chi connectivity index (χ1) is 23.8. The molecule has 0 N–H and O–H groups in total. The Morgan fingerprint density at radius 1 is 0.479 bits per heavy atom. The van der Waals surface area contributed by atoms with Gasteiger partial charge in [0, 0.05) is 23.6 Å². The van der Waals surface area contributed by atoms with Crippen LogP contribution in [0.5, 0.6) is 0 Å². The Bertz CT molecular complexity index is 2570. The maximum absolute atomic E-state index is 4.78. The molecule has 0 amide bonds. The fourth-order valence-electron chi connectivity index (χ4n) is 8.34. The first-order valence-electron chi connectivity index (χ1n) is 16.8. The number of hydrogen-bond acceptors (Lipinski definition) is 1. The van der Waals surface area contributed by atoms with Crippen molar-refractivity contribution in [3.05, 3.63) is 204 Å². The molecule has 2 unspecified atom stereocenters. The lowest BCUT2D eigenvalue weighted by Gasteiger charge is -2.36. The van der Waals surface area contributed by atoms with Crippen LogP contribution in [0.3, 0.4) is 0 Å². The zero-order chi connectivity index (χ0) is 31.6. The van der Waals surface area contributed by atoms with E-state index in [9.17, 15) is 0 Å². The largest absolute Gasteiger partial charge is 0.256 e. The summed E-state index contributed by atoms with van der Waals surface area (Å²) in [5, 5.41) is 7.94. The lowest BCUT2D eigenvalue weighted by Crippen LogP contribution is -2.23. The predicted molar refractivity (Wildman–Crippen MR) is 201 cm³/mol. The van der Waals surface area contributed by atoms with E-state index in [4.69, 9.17) is 4.98 Å². The topological polar surface area (TPSA) is 12.9 Å². The van der Waals surface area contributed by atoms with Crippen molar-refractivity contribution < 1.29 is 0 Å². The molecule has 0 saturated heterocycles. The highest BCUT2D eigenvalue weighted by molar-refractivity contribution is 6.25. The Kier molecular flexibility index (Phi) is 6.07. The molecular weight excluding hydrogens is 579 g/mol. The summed E-state index contributed by atoms with van der Waals surface area (Å²) in [6.45, 7) is 0. The van der Waals surface area contributed by atoms with Crippen molar-refractivity contribution in [1.29, 1.82) is 0 Å². The van der Waals surface area contributed by atoms with Crippen LogP contribution < -0.4 is 0 Å². The molecule has 0 aliphatic heterocycles. The molecule has 48 heavy (non-hydrogen) atoms. The van der Waals surface area contributed by atoms with Gasteiger partial charge in [-0.25, -0.2) is 0 Å². The van der Waals surface area contributed by atoms with Gasteiger partial charge < -0.3 is 0 Å². The van der Waals surface area contributed by atoms with Gasteiger partial charge in [-0.1, -0.05) is 158 Å². The van der Waals surface area contributed by atoms with E-state index < -0.39 is 0 Å². The number of hydrogen-bond donors (Lipinski definition) is 0. The van der Waals surface area contributed by atoms with Crippen molar-refractivity contribution in [2.45, 2.75) is 5.92 Å². The molecule has 1 aromatic heterocycles. The molecule has 2 aliphatic rings. The van der Waals surface area contributed by atoms with Crippen LogP contribution in [0.4, 0.5) is 0 Å². The molecule has 0 bridgehead atoms. The molecular formula is C47H31N. The zero-order valence-electron chi connectivity index (χ0n) is 26.3. The molecule has 7 aromatic carbocycles. The number of aromatic nitrogens is 1. The Balaban J connectivity index is 1.01. The maximum atomic E-state index is 4.78. The minimum Gasteiger partial charge on any atom is -0.256 e. The number of allylic oxidation sites excluding steroid dienone is 5. The smallest absolute Gasteiger partial charge is 0.0711 e. The number of nitrogens with zero attached hydrogens (tertiary/aromatic N) is 1. The fourth-order valence-corrected chi connectivity index (χ4v) is 8.34. The Morgan fingerprint density at radius 3 is 1.96 bits per heavy atom. The van der Waals surface area contributed by atoms with Gasteiger partial charge in [0.15, 0.2) is 0 Å². The van der Waals surface area contributed by atoms with Crippen LogP contribution in [-0.4, -0.2) is 4.98 Å². The van der Waals surface area contributed by atoms with Gasteiger partial charge in [-0.05, 0) is 89.0 Å². The Hall–Kier alpha value is -6.05. The number of fused-ring (bicyclic) bond motifs is 2. The molecule has 2 atom stereocenters. The van der Waals surface area contributed by atoms with Crippen LogP contribution in [0.2, 0.25) is 0 Å². The average molecular weight is 610 g/mol. The van der Waals surface area contributed by atoms with E-state index in [1.807, 2.05) is 12.3 Å². The third-order valence-corrected chi connectivity index (χ3v) is 10.5. The summed E-state index contributed by atoms with van der Waals surface area (Å²) in [6.07, 6.45) is 10.9. The molecule has 1 heteroatoms. The first-order valence-corrected chi connectivity index (χ1v) is 16.8. The summed E-state index contributed by atoms with van der Waals surface area (Å²) < 4.78 is 0. The molecule has 1 nitrogen and oxygen atoms in total. The third kappa shape index (κ3) is 4.14. The number of rotatable bonds is 4. The van der Waals surface area contributed by atoms with Crippen LogP contribution in [0.25, 0.3) is 60.1 Å². The van der Waals surface area contributed by atoms with Crippen molar-refractivity contribution in [3.8, 4) is 22.3 Å². The summed E-state index contributed by atoms with van der Waals surface area (Å²) in [4.78, 5) is 4.78. The van der Waals surface area contributed by atoms with E-state index in [-0.39, 0.29) is 11.8 Å². The maximum Gasteiger partial charge on any atom is 0.0711 e. The lowest BCUT2D eigenvalue weighted by atomic mass is 9.67. The second-order valence-corrected chi connectivity index (χ2v) is 13.0. The molecule has 10 rings (SSSR count). The normalized spacial score (nSPS) is 16.9. The molecule has 8 aromatic rings. The minimum absolute atomic E-state index is 0.232. The highest BCUT2D eigenvalue weighted by Gasteiger charge is 2.35. The van der Waals surface area contributed by atoms with Crippen molar-refractivity contribution in [3.63, 3.8) is 0 Å². The van der Waals surface area contributed by atoms with Gasteiger partial charge in [0.25, 0.3) is 0 Å². The van der Waals surface area contributed by atoms with Gasteiger partial charge >= 0.3 is 0 Å². The number of pyridine rings is 1. The summed E-state index contributed by atoms with van der Waals surface area (Å²) in [5.41, 5.74) is 12.6. The standard InChI is InChI=1S/C47H31N/c1-3-12-40-38(10-1)45(39-11-2-4-13-41(39)47(40)43-14-5-6-29-48-43)35-21-17-31(18-22-35)30-15-19-32(20-16-30)37-27-25-36-24-23-33-8-7-9-34-26-28-42(37)46(36)44(33)34/h1-29,38,45H. The van der Waals surface area contributed by atoms with Crippen molar-refractivity contribution >= 4 is 37.9 Å². The fraction of sp³-hybridized carbons (Fsp3) is 0.0426. The molecule has 0 saturated carbocycles. The van der Waals surface area contributed by atoms with Crippen LogP contribution in [0, 0.1) is 5.92 Å². The lowest BCUT2D eigenvalue weighted by molar-refractivity contribution is 0.648. The zero-order valence-corrected chi connectivity index (χ0v) is 26.3. The monoisotopic (exact) mass is 609 g/mol. The first kappa shape index (κ1) is 27.1. The summed E-state index contributed by atoms with van der Waals surface area (Å²) in [5.74, 6) is 0.480. The SMILES string of the molecule is C1=CC2=C(c3ccccn3)c3ccccc3C(c3ccc(-c4ccc(-c5ccc6ccc7cccc8ccc5c6c78)cc4)cc3)C2C=C1. The highest BCUT2D eigenvalue weighted by atomic mass is 14.7. The van der Waals surface area contributed by atoms with E-state index >= 15 is 0 Å². The number of benzene rings is 7. The second kappa shape index (κ2) is 10.8.